The summed E-state index contributed by atoms with van der Waals surface area (Å²) < 4.78 is 5.48. The Kier molecular flexibility index (Phi) is 7.04. The van der Waals surface area contributed by atoms with E-state index in [0.29, 0.717) is 6.54 Å². The second-order valence-electron chi connectivity index (χ2n) is 7.82. The van der Waals surface area contributed by atoms with Gasteiger partial charge in [-0.05, 0) is 43.5 Å². The Hall–Kier alpha value is -3.06. The summed E-state index contributed by atoms with van der Waals surface area (Å²) in [5.74, 6) is 1.84. The first-order valence-corrected chi connectivity index (χ1v) is 11.1. The molecule has 0 radical (unpaired) electrons. The third kappa shape index (κ3) is 5.35. The fourth-order valence-corrected chi connectivity index (χ4v) is 3.94. The number of hydrogen-bond acceptors (Lipinski definition) is 4. The highest BCUT2D eigenvalue weighted by Gasteiger charge is 2.15. The number of pyridine rings is 1. The summed E-state index contributed by atoms with van der Waals surface area (Å²) >= 11 is 0. The number of anilines is 1. The lowest BCUT2D eigenvalue weighted by Crippen LogP contribution is -2.38. The summed E-state index contributed by atoms with van der Waals surface area (Å²) in [4.78, 5) is 15.1. The van der Waals surface area contributed by atoms with Crippen LogP contribution < -0.4 is 15.5 Å². The van der Waals surface area contributed by atoms with Crippen molar-refractivity contribution in [2.45, 2.75) is 26.8 Å². The second-order valence-corrected chi connectivity index (χ2v) is 7.82. The number of benzene rings is 1. The number of ether oxygens (including phenoxy) is 1. The average Bonchev–Trinajstić information content (AvgIpc) is 3.20. The maximum absolute atomic E-state index is 5.48. The third-order valence-corrected chi connectivity index (χ3v) is 5.54. The molecule has 1 aliphatic heterocycles. The fraction of sp³-hybridized carbons (Fsp3) is 0.417. The topological polar surface area (TPSA) is 77.6 Å². The number of aryl methyl sites for hydroxylation is 1. The van der Waals surface area contributed by atoms with E-state index in [-0.39, 0.29) is 0 Å². The summed E-state index contributed by atoms with van der Waals surface area (Å²) in [5, 5.41) is 8.12. The van der Waals surface area contributed by atoms with E-state index in [4.69, 9.17) is 9.73 Å². The van der Waals surface area contributed by atoms with Gasteiger partial charge in [0.15, 0.2) is 5.96 Å². The van der Waals surface area contributed by atoms with Crippen molar-refractivity contribution in [1.29, 1.82) is 0 Å². The number of fused-ring (bicyclic) bond motifs is 1. The number of nitrogens with zero attached hydrogens (tertiary/aromatic N) is 3. The maximum Gasteiger partial charge on any atom is 0.191 e. The summed E-state index contributed by atoms with van der Waals surface area (Å²) in [5.41, 5.74) is 4.92. The zero-order valence-corrected chi connectivity index (χ0v) is 18.4. The van der Waals surface area contributed by atoms with Gasteiger partial charge in [-0.15, -0.1) is 0 Å². The molecule has 4 rings (SSSR count). The molecule has 7 nitrogen and oxygen atoms in total. The molecule has 1 saturated heterocycles. The van der Waals surface area contributed by atoms with Gasteiger partial charge in [0.05, 0.1) is 19.8 Å². The summed E-state index contributed by atoms with van der Waals surface area (Å²) in [7, 11) is 0. The van der Waals surface area contributed by atoms with Crippen molar-refractivity contribution in [1.82, 2.24) is 20.6 Å². The summed E-state index contributed by atoms with van der Waals surface area (Å²) in [6.07, 6.45) is 4.89. The van der Waals surface area contributed by atoms with Crippen LogP contribution in [0, 0.1) is 6.92 Å². The fourth-order valence-electron chi connectivity index (χ4n) is 3.94. The lowest BCUT2D eigenvalue weighted by molar-refractivity contribution is 0.122. The Morgan fingerprint density at radius 3 is 2.90 bits per heavy atom. The summed E-state index contributed by atoms with van der Waals surface area (Å²) in [6.45, 7) is 9.66. The minimum absolute atomic E-state index is 0.586. The molecule has 31 heavy (non-hydrogen) atoms. The highest BCUT2D eigenvalue weighted by atomic mass is 16.5. The molecule has 0 spiro atoms. The van der Waals surface area contributed by atoms with E-state index in [1.807, 2.05) is 12.3 Å². The van der Waals surface area contributed by atoms with Gasteiger partial charge in [-0.25, -0.2) is 9.98 Å². The van der Waals surface area contributed by atoms with Gasteiger partial charge in [0.2, 0.25) is 0 Å². The molecule has 3 aromatic rings. The molecule has 164 valence electrons. The first-order chi connectivity index (χ1) is 15.2. The highest BCUT2D eigenvalue weighted by Crippen LogP contribution is 2.20. The van der Waals surface area contributed by atoms with Crippen molar-refractivity contribution >= 4 is 22.7 Å². The normalized spacial score (nSPS) is 14.8. The zero-order valence-electron chi connectivity index (χ0n) is 18.4. The van der Waals surface area contributed by atoms with Crippen LogP contribution in [0.25, 0.3) is 10.9 Å². The summed E-state index contributed by atoms with van der Waals surface area (Å²) in [6, 6.07) is 10.6. The molecule has 1 aromatic carbocycles. The average molecular weight is 421 g/mol. The Bertz CT molecular complexity index is 1020. The van der Waals surface area contributed by atoms with Crippen molar-refractivity contribution in [3.8, 4) is 0 Å². The van der Waals surface area contributed by atoms with Crippen LogP contribution in [0.3, 0.4) is 0 Å². The molecule has 0 bridgehead atoms. The molecule has 1 fully saturated rings. The number of hydrogen-bond donors (Lipinski definition) is 3. The van der Waals surface area contributed by atoms with Gasteiger partial charge in [0, 0.05) is 55.0 Å². The van der Waals surface area contributed by atoms with E-state index < -0.39 is 0 Å². The van der Waals surface area contributed by atoms with E-state index >= 15 is 0 Å². The van der Waals surface area contributed by atoms with Crippen LogP contribution in [0.4, 0.5) is 5.82 Å². The van der Waals surface area contributed by atoms with E-state index in [1.54, 1.807) is 0 Å². The lowest BCUT2D eigenvalue weighted by atomic mass is 10.1. The van der Waals surface area contributed by atoms with Gasteiger partial charge >= 0.3 is 0 Å². The first-order valence-electron chi connectivity index (χ1n) is 11.1. The number of aliphatic imine (C=N–C) groups is 1. The standard InChI is InChI=1S/C24H32N6O/c1-3-25-24(27-10-8-19-16-28-22-15-18(2)6-7-21(19)22)29-17-20-5-4-9-26-23(20)30-11-13-31-14-12-30/h4-7,9,15-16,28H,3,8,10-14,17H2,1-2H3,(H2,25,27,29). The molecule has 7 heteroatoms. The molecule has 3 heterocycles. The largest absolute Gasteiger partial charge is 0.378 e. The quantitative estimate of drug-likeness (QED) is 0.405. The zero-order chi connectivity index (χ0) is 21.5. The predicted molar refractivity (Wildman–Crippen MR) is 127 cm³/mol. The highest BCUT2D eigenvalue weighted by molar-refractivity contribution is 5.84. The van der Waals surface area contributed by atoms with Crippen molar-refractivity contribution < 1.29 is 4.74 Å². The number of rotatable bonds is 7. The molecular weight excluding hydrogens is 388 g/mol. The molecule has 3 N–H and O–H groups in total. The second kappa shape index (κ2) is 10.3. The van der Waals surface area contributed by atoms with Crippen LogP contribution in [0.2, 0.25) is 0 Å². The minimum Gasteiger partial charge on any atom is -0.378 e. The SMILES string of the molecule is CCNC(=NCc1cccnc1N1CCOCC1)NCCc1c[nH]c2cc(C)ccc12. The van der Waals surface area contributed by atoms with Crippen molar-refractivity contribution in [3.63, 3.8) is 0 Å². The van der Waals surface area contributed by atoms with E-state index in [9.17, 15) is 0 Å². The van der Waals surface area contributed by atoms with Gasteiger partial charge in [-0.1, -0.05) is 18.2 Å². The first kappa shape index (κ1) is 21.2. The molecule has 0 atom stereocenters. The number of morpholine rings is 1. The van der Waals surface area contributed by atoms with Crippen LogP contribution in [-0.4, -0.2) is 55.3 Å². The maximum atomic E-state index is 5.48. The van der Waals surface area contributed by atoms with Crippen molar-refractivity contribution in [2.75, 3.05) is 44.3 Å². The number of aromatic amines is 1. The molecular formula is C24H32N6O. The Morgan fingerprint density at radius 1 is 1.19 bits per heavy atom. The number of nitrogens with one attached hydrogen (secondary N) is 3. The molecule has 0 saturated carbocycles. The number of aromatic nitrogens is 2. The number of H-pyrrole nitrogens is 1. The smallest absolute Gasteiger partial charge is 0.191 e. The Balaban J connectivity index is 1.39. The lowest BCUT2D eigenvalue weighted by Gasteiger charge is -2.29. The van der Waals surface area contributed by atoms with E-state index in [2.05, 4.69) is 69.8 Å². The van der Waals surface area contributed by atoms with Crippen molar-refractivity contribution in [3.05, 3.63) is 59.4 Å². The van der Waals surface area contributed by atoms with Crippen LogP contribution in [0.5, 0.6) is 0 Å². The predicted octanol–water partition coefficient (Wildman–Crippen LogP) is 3.01. The van der Waals surface area contributed by atoms with E-state index in [0.717, 1.165) is 63.2 Å². The molecule has 0 amide bonds. The molecule has 0 unspecified atom stereocenters. The van der Waals surface area contributed by atoms with Crippen LogP contribution in [0.15, 0.2) is 47.7 Å². The number of guanidine groups is 1. The van der Waals surface area contributed by atoms with Gasteiger partial charge < -0.3 is 25.3 Å². The van der Waals surface area contributed by atoms with Gasteiger partial charge in [0.1, 0.15) is 5.82 Å². The van der Waals surface area contributed by atoms with E-state index in [1.165, 1.54) is 22.0 Å². The van der Waals surface area contributed by atoms with Crippen molar-refractivity contribution in [2.24, 2.45) is 4.99 Å². The molecule has 2 aromatic heterocycles. The van der Waals surface area contributed by atoms with Crippen LogP contribution >= 0.6 is 0 Å². The Labute approximate surface area is 183 Å². The monoisotopic (exact) mass is 420 g/mol. The third-order valence-electron chi connectivity index (χ3n) is 5.54. The van der Waals surface area contributed by atoms with Crippen LogP contribution in [0.1, 0.15) is 23.6 Å². The minimum atomic E-state index is 0.586. The molecule has 0 aliphatic carbocycles. The van der Waals surface area contributed by atoms with Gasteiger partial charge in [-0.3, -0.25) is 0 Å². The molecule has 1 aliphatic rings. The Morgan fingerprint density at radius 2 is 2.06 bits per heavy atom. The van der Waals surface area contributed by atoms with Gasteiger partial charge in [0.25, 0.3) is 0 Å². The van der Waals surface area contributed by atoms with Gasteiger partial charge in [-0.2, -0.15) is 0 Å². The van der Waals surface area contributed by atoms with Crippen LogP contribution in [-0.2, 0) is 17.7 Å².